The highest BCUT2D eigenvalue weighted by molar-refractivity contribution is 6.28. The van der Waals surface area contributed by atoms with Crippen molar-refractivity contribution in [2.75, 3.05) is 6.54 Å². The van der Waals surface area contributed by atoms with Gasteiger partial charge in [-0.2, -0.15) is 5.10 Å². The van der Waals surface area contributed by atoms with E-state index in [4.69, 9.17) is 16.0 Å². The van der Waals surface area contributed by atoms with Crippen molar-refractivity contribution in [3.05, 3.63) is 64.0 Å². The second-order valence-electron chi connectivity index (χ2n) is 11.3. The fourth-order valence-corrected chi connectivity index (χ4v) is 9.86. The van der Waals surface area contributed by atoms with Crippen molar-refractivity contribution >= 4 is 40.2 Å². The van der Waals surface area contributed by atoms with Crippen LogP contribution in [-0.2, 0) is 13.6 Å². The molecule has 11 heteroatoms. The molecular formula is C26H21ClN6O4. The lowest BCUT2D eigenvalue weighted by Gasteiger charge is -3.10. The van der Waals surface area contributed by atoms with Gasteiger partial charge < -0.3 is 15.1 Å². The summed E-state index contributed by atoms with van der Waals surface area (Å²) in [4.78, 5) is 42.6. The number of rotatable bonds is 6. The number of alkyl halides is 1. The summed E-state index contributed by atoms with van der Waals surface area (Å²) >= 11 is 6.74. The molecule has 0 spiro atoms. The molecule has 2 amide bonds. The van der Waals surface area contributed by atoms with Gasteiger partial charge in [0.15, 0.2) is 11.2 Å². The van der Waals surface area contributed by atoms with Crippen LogP contribution in [0.1, 0.15) is 26.5 Å². The highest BCUT2D eigenvalue weighted by atomic mass is 35.5. The number of hydrogen-bond acceptors (Lipinski definition) is 6. The lowest BCUT2D eigenvalue weighted by atomic mass is 8.96. The third-order valence-electron chi connectivity index (χ3n) is 10.4. The number of amides is 2. The first-order valence-corrected chi connectivity index (χ1v) is 12.9. The second kappa shape index (κ2) is 6.07. The van der Waals surface area contributed by atoms with Crippen molar-refractivity contribution in [2.24, 2.45) is 48.0 Å². The van der Waals surface area contributed by atoms with Gasteiger partial charge in [0.1, 0.15) is 11.4 Å². The summed E-state index contributed by atoms with van der Waals surface area (Å²) in [5, 5.41) is 10.2. The number of aromatic nitrogens is 4. The van der Waals surface area contributed by atoms with Crippen LogP contribution < -0.4 is 16.4 Å². The standard InChI is InChI=1S/C26H21ClN6O4/c1-32-12-6-10(2-3-14(12)37-24(32)36)8-28-22(34)11-7-13(33-15(31-11)4-5-30-33)23(35)29-9-25-16-19-17(25)21-18(25)20(16)26(19,21)27/h2-7,16-21H,8-9H2,1H3,(H,28,34)(H,29,35). The largest absolute Gasteiger partial charge is 0.419 e. The lowest BCUT2D eigenvalue weighted by Crippen LogP contribution is -3.12. The van der Waals surface area contributed by atoms with E-state index in [-0.39, 0.29) is 34.1 Å². The van der Waals surface area contributed by atoms with E-state index in [1.165, 1.54) is 15.1 Å². The van der Waals surface area contributed by atoms with Crippen molar-refractivity contribution in [1.29, 1.82) is 0 Å². The van der Waals surface area contributed by atoms with Crippen LogP contribution in [0.2, 0.25) is 0 Å². The maximum atomic E-state index is 13.3. The highest BCUT2D eigenvalue weighted by Gasteiger charge is 3.09. The summed E-state index contributed by atoms with van der Waals surface area (Å²) in [7, 11) is 1.63. The van der Waals surface area contributed by atoms with Crippen LogP contribution in [0.25, 0.3) is 16.7 Å². The minimum atomic E-state index is -0.442. The number of carbonyl (C=O) groups is 2. The summed E-state index contributed by atoms with van der Waals surface area (Å²) in [5.41, 5.74) is 3.03. The lowest BCUT2D eigenvalue weighted by molar-refractivity contribution is -0.596. The van der Waals surface area contributed by atoms with Gasteiger partial charge in [-0.25, -0.2) is 14.3 Å². The van der Waals surface area contributed by atoms with E-state index < -0.39 is 11.7 Å². The van der Waals surface area contributed by atoms with E-state index >= 15 is 0 Å². The molecule has 2 N–H and O–H groups in total. The fourth-order valence-electron chi connectivity index (χ4n) is 9.04. The smallest absolute Gasteiger partial charge is 0.408 e. The van der Waals surface area contributed by atoms with E-state index in [9.17, 15) is 14.4 Å². The van der Waals surface area contributed by atoms with E-state index in [1.807, 2.05) is 0 Å². The number of fused-ring (bicyclic) bond motifs is 2. The molecular weight excluding hydrogens is 496 g/mol. The Kier molecular flexibility index (Phi) is 3.35. The monoisotopic (exact) mass is 516 g/mol. The summed E-state index contributed by atoms with van der Waals surface area (Å²) in [5.74, 6) is 3.01. The summed E-state index contributed by atoms with van der Waals surface area (Å²) < 4.78 is 8.04. The predicted octanol–water partition coefficient (Wildman–Crippen LogP) is 1.56. The Morgan fingerprint density at radius 2 is 1.81 bits per heavy atom. The average Bonchev–Trinajstić information content (AvgIpc) is 3.50. The molecule has 1 aromatic carbocycles. The quantitative estimate of drug-likeness (QED) is 0.375. The van der Waals surface area contributed by atoms with E-state index in [1.54, 1.807) is 37.5 Å². The Balaban J connectivity index is 0.936. The van der Waals surface area contributed by atoms with Crippen LogP contribution in [-0.4, -0.2) is 42.4 Å². The van der Waals surface area contributed by atoms with Crippen LogP contribution in [0.4, 0.5) is 0 Å². The topological polar surface area (TPSA) is 124 Å². The summed E-state index contributed by atoms with van der Waals surface area (Å²) in [6.07, 6.45) is 1.56. The van der Waals surface area contributed by atoms with Crippen LogP contribution in [0, 0.1) is 40.9 Å². The average molecular weight is 517 g/mol. The van der Waals surface area contributed by atoms with Crippen molar-refractivity contribution in [3.8, 4) is 0 Å². The molecule has 0 aliphatic heterocycles. The molecule has 3 aromatic heterocycles. The number of carbonyl (C=O) groups excluding carboxylic acids is 2. The minimum absolute atomic E-state index is 0.126. The molecule has 186 valence electrons. The zero-order valence-corrected chi connectivity index (χ0v) is 20.4. The zero-order chi connectivity index (χ0) is 25.0. The van der Waals surface area contributed by atoms with Crippen LogP contribution in [0.15, 0.2) is 45.7 Å². The van der Waals surface area contributed by atoms with Gasteiger partial charge in [-0.3, -0.25) is 14.2 Å². The number of benzene rings is 1. The molecule has 6 saturated carbocycles. The molecule has 6 fully saturated rings. The maximum absolute atomic E-state index is 13.3. The van der Waals surface area contributed by atoms with Gasteiger partial charge in [-0.15, -0.1) is 11.6 Å². The minimum Gasteiger partial charge on any atom is -0.408 e. The summed E-state index contributed by atoms with van der Waals surface area (Å²) in [6, 6.07) is 8.43. The molecule has 0 radical (unpaired) electrons. The van der Waals surface area contributed by atoms with Crippen molar-refractivity contribution in [2.45, 2.75) is 11.4 Å². The number of nitrogens with zero attached hydrogens (tertiary/aromatic N) is 4. The first-order chi connectivity index (χ1) is 17.9. The first kappa shape index (κ1) is 20.4. The van der Waals surface area contributed by atoms with Gasteiger partial charge in [0.25, 0.3) is 11.8 Å². The fraction of sp³-hybridized carbons (Fsp3) is 0.423. The Morgan fingerprint density at radius 1 is 1.05 bits per heavy atom. The molecule has 0 unspecified atom stereocenters. The van der Waals surface area contributed by atoms with Gasteiger partial charge in [0.2, 0.25) is 0 Å². The van der Waals surface area contributed by atoms with Gasteiger partial charge in [0, 0.05) is 32.3 Å². The van der Waals surface area contributed by atoms with Crippen molar-refractivity contribution < 1.29 is 14.0 Å². The van der Waals surface area contributed by atoms with Gasteiger partial charge in [-0.1, -0.05) is 6.07 Å². The molecule has 0 saturated heterocycles. The number of oxazole rings is 1. The second-order valence-corrected chi connectivity index (χ2v) is 12.0. The molecule has 37 heavy (non-hydrogen) atoms. The van der Waals surface area contributed by atoms with Gasteiger partial charge in [0.05, 0.1) is 16.6 Å². The zero-order valence-electron chi connectivity index (χ0n) is 19.6. The predicted molar refractivity (Wildman–Crippen MR) is 130 cm³/mol. The molecule has 6 aliphatic carbocycles. The van der Waals surface area contributed by atoms with Gasteiger partial charge in [-0.05, 0) is 58.6 Å². The number of nitrogens with one attached hydrogen (secondary N) is 2. The van der Waals surface area contributed by atoms with Crippen LogP contribution in [0.3, 0.4) is 0 Å². The van der Waals surface area contributed by atoms with E-state index in [2.05, 4.69) is 20.7 Å². The SMILES string of the molecule is Cn1c(=O)oc2ccc(CNC(=O)c3cc(C(=O)NCC45C6C7C4C4C5C6C74Cl)n4nccc4n3)cc21. The highest BCUT2D eigenvalue weighted by Crippen LogP contribution is 3.08. The summed E-state index contributed by atoms with van der Waals surface area (Å²) in [6.45, 7) is 0.883. The Morgan fingerprint density at radius 3 is 2.57 bits per heavy atom. The van der Waals surface area contributed by atoms with Gasteiger partial charge >= 0.3 is 5.76 Å². The van der Waals surface area contributed by atoms with Crippen LogP contribution in [0.5, 0.6) is 0 Å². The third kappa shape index (κ3) is 1.99. The molecule has 10 nitrogen and oxygen atoms in total. The number of aryl methyl sites for hydroxylation is 1. The molecule has 4 aromatic rings. The molecule has 0 bridgehead atoms. The Hall–Kier alpha value is -3.66. The van der Waals surface area contributed by atoms with Crippen LogP contribution >= 0.6 is 11.6 Å². The normalized spacial score (nSPS) is 36.6. The third-order valence-corrected chi connectivity index (χ3v) is 11.2. The Bertz CT molecular complexity index is 1750. The number of hydrogen-bond donors (Lipinski definition) is 2. The van der Waals surface area contributed by atoms with Crippen molar-refractivity contribution in [3.63, 3.8) is 0 Å². The first-order valence-electron chi connectivity index (χ1n) is 12.5. The molecule has 0 atom stereocenters. The van der Waals surface area contributed by atoms with E-state index in [0.29, 0.717) is 58.8 Å². The van der Waals surface area contributed by atoms with E-state index in [0.717, 1.165) is 5.56 Å². The maximum Gasteiger partial charge on any atom is 0.419 e. The molecule has 3 heterocycles. The van der Waals surface area contributed by atoms with Crippen molar-refractivity contribution in [1.82, 2.24) is 29.8 Å². The molecule has 10 rings (SSSR count). The molecule has 6 aliphatic rings. The Labute approximate surface area is 214 Å². The number of halogens is 1.